The Morgan fingerprint density at radius 1 is 1.26 bits per heavy atom. The lowest BCUT2D eigenvalue weighted by molar-refractivity contribution is -0.120. The van der Waals surface area contributed by atoms with Crippen molar-refractivity contribution in [3.05, 3.63) is 70.4 Å². The van der Waals surface area contributed by atoms with Crippen LogP contribution in [0.15, 0.2) is 63.1 Å². The fraction of sp³-hybridized carbons (Fsp3) is 0.261. The Morgan fingerprint density at radius 3 is 2.71 bits per heavy atom. The predicted molar refractivity (Wildman–Crippen MR) is 126 cm³/mol. The number of carbonyl (C=O) groups excluding carboxylic acids is 1. The topological polar surface area (TPSA) is 77.1 Å². The second-order valence-corrected chi connectivity index (χ2v) is 9.41. The van der Waals surface area contributed by atoms with Crippen LogP contribution >= 0.6 is 23.1 Å². The molecule has 0 saturated heterocycles. The van der Waals surface area contributed by atoms with Crippen LogP contribution in [0.2, 0.25) is 0 Å². The molecule has 1 atom stereocenters. The third-order valence-electron chi connectivity index (χ3n) is 5.04. The molecule has 3 aromatic heterocycles. The Balaban J connectivity index is 1.64. The van der Waals surface area contributed by atoms with Crippen molar-refractivity contribution in [3.8, 4) is 10.4 Å². The van der Waals surface area contributed by atoms with Gasteiger partial charge < -0.3 is 9.73 Å². The first kappa shape index (κ1) is 21.4. The first-order valence-corrected chi connectivity index (χ1v) is 11.7. The van der Waals surface area contributed by atoms with Crippen LogP contribution in [0.5, 0.6) is 0 Å². The zero-order chi connectivity index (χ0) is 22.0. The van der Waals surface area contributed by atoms with Crippen LogP contribution in [0.3, 0.4) is 0 Å². The minimum absolute atomic E-state index is 0.0610. The number of nitrogens with one attached hydrogen (secondary N) is 1. The molecule has 1 aromatic carbocycles. The van der Waals surface area contributed by atoms with E-state index in [-0.39, 0.29) is 11.5 Å². The predicted octanol–water partition coefficient (Wildman–Crippen LogP) is 4.84. The summed E-state index contributed by atoms with van der Waals surface area (Å²) in [6, 6.07) is 13.6. The van der Waals surface area contributed by atoms with Gasteiger partial charge in [0.25, 0.3) is 5.56 Å². The Bertz CT molecular complexity index is 1260. The SMILES string of the molecule is CCn1c(S[C@H](C)C(=O)NCc2ccco2)nc2sc(-c3ccccc3)c(C)c2c1=O. The van der Waals surface area contributed by atoms with E-state index >= 15 is 0 Å². The molecule has 0 fully saturated rings. The molecule has 4 rings (SSSR count). The van der Waals surface area contributed by atoms with Gasteiger partial charge in [-0.3, -0.25) is 14.2 Å². The summed E-state index contributed by atoms with van der Waals surface area (Å²) in [5.74, 6) is 0.559. The van der Waals surface area contributed by atoms with Gasteiger partial charge in [-0.25, -0.2) is 4.98 Å². The average Bonchev–Trinajstić information content (AvgIpc) is 3.41. The molecular formula is C23H23N3O3S2. The van der Waals surface area contributed by atoms with E-state index in [1.54, 1.807) is 16.9 Å². The second-order valence-electron chi connectivity index (χ2n) is 7.10. The molecule has 1 amide bonds. The molecule has 0 bridgehead atoms. The Morgan fingerprint density at radius 2 is 2.03 bits per heavy atom. The van der Waals surface area contributed by atoms with Gasteiger partial charge in [0.2, 0.25) is 5.91 Å². The number of aryl methyl sites for hydroxylation is 1. The number of furan rings is 1. The Kier molecular flexibility index (Phi) is 6.29. The summed E-state index contributed by atoms with van der Waals surface area (Å²) in [6.45, 7) is 6.52. The normalized spacial score (nSPS) is 12.2. The van der Waals surface area contributed by atoms with Crippen molar-refractivity contribution in [2.24, 2.45) is 0 Å². The monoisotopic (exact) mass is 453 g/mol. The summed E-state index contributed by atoms with van der Waals surface area (Å²) in [4.78, 5) is 32.4. The number of rotatable bonds is 7. The maximum absolute atomic E-state index is 13.3. The molecule has 0 aliphatic heterocycles. The summed E-state index contributed by atoms with van der Waals surface area (Å²) < 4.78 is 6.90. The molecule has 0 radical (unpaired) electrons. The van der Waals surface area contributed by atoms with Crippen LogP contribution in [0.1, 0.15) is 25.2 Å². The van der Waals surface area contributed by atoms with Crippen molar-refractivity contribution in [1.29, 1.82) is 0 Å². The maximum atomic E-state index is 13.3. The van der Waals surface area contributed by atoms with Gasteiger partial charge in [0, 0.05) is 11.4 Å². The zero-order valence-electron chi connectivity index (χ0n) is 17.5. The summed E-state index contributed by atoms with van der Waals surface area (Å²) in [6.07, 6.45) is 1.57. The molecule has 0 spiro atoms. The smallest absolute Gasteiger partial charge is 0.263 e. The first-order chi connectivity index (χ1) is 15.0. The molecule has 6 nitrogen and oxygen atoms in total. The zero-order valence-corrected chi connectivity index (χ0v) is 19.2. The standard InChI is InChI=1S/C23H23N3O3S2/c1-4-26-22(28)18-14(2)19(16-9-6-5-7-10-16)31-21(18)25-23(26)30-15(3)20(27)24-13-17-11-8-12-29-17/h5-12,15H,4,13H2,1-3H3,(H,24,27)/t15-/m1/s1. The molecule has 0 aliphatic carbocycles. The van der Waals surface area contributed by atoms with Crippen LogP contribution in [-0.4, -0.2) is 20.7 Å². The van der Waals surface area contributed by atoms with Gasteiger partial charge in [-0.05, 0) is 44.0 Å². The van der Waals surface area contributed by atoms with E-state index < -0.39 is 5.25 Å². The summed E-state index contributed by atoms with van der Waals surface area (Å²) >= 11 is 2.81. The molecule has 1 N–H and O–H groups in total. The number of nitrogens with zero attached hydrogens (tertiary/aromatic N) is 2. The van der Waals surface area contributed by atoms with Crippen LogP contribution in [-0.2, 0) is 17.9 Å². The van der Waals surface area contributed by atoms with Crippen LogP contribution in [0, 0.1) is 6.92 Å². The minimum atomic E-state index is -0.410. The first-order valence-electron chi connectivity index (χ1n) is 10.1. The van der Waals surface area contributed by atoms with Gasteiger partial charge in [-0.1, -0.05) is 42.1 Å². The lowest BCUT2D eigenvalue weighted by Gasteiger charge is -2.14. The molecule has 0 unspecified atom stereocenters. The van der Waals surface area contributed by atoms with E-state index in [0.29, 0.717) is 34.2 Å². The highest BCUT2D eigenvalue weighted by atomic mass is 32.2. The number of hydrogen-bond acceptors (Lipinski definition) is 6. The van der Waals surface area contributed by atoms with Crippen molar-refractivity contribution in [2.75, 3.05) is 0 Å². The number of benzene rings is 1. The lowest BCUT2D eigenvalue weighted by atomic mass is 10.1. The summed E-state index contributed by atoms with van der Waals surface area (Å²) in [5.41, 5.74) is 1.96. The molecule has 4 aromatic rings. The fourth-order valence-electron chi connectivity index (χ4n) is 3.37. The molecule has 0 saturated carbocycles. The second kappa shape index (κ2) is 9.11. The number of carbonyl (C=O) groups is 1. The number of hydrogen-bond donors (Lipinski definition) is 1. The molecule has 31 heavy (non-hydrogen) atoms. The third kappa shape index (κ3) is 4.31. The Hall–Kier alpha value is -2.84. The van der Waals surface area contributed by atoms with Crippen molar-refractivity contribution >= 4 is 39.2 Å². The molecule has 160 valence electrons. The number of fused-ring (bicyclic) bond motifs is 1. The van der Waals surface area contributed by atoms with Crippen molar-refractivity contribution in [3.63, 3.8) is 0 Å². The van der Waals surface area contributed by atoms with Crippen molar-refractivity contribution in [1.82, 2.24) is 14.9 Å². The van der Waals surface area contributed by atoms with Crippen LogP contribution < -0.4 is 10.9 Å². The Labute approximate surface area is 188 Å². The van der Waals surface area contributed by atoms with Gasteiger partial charge >= 0.3 is 0 Å². The molecular weight excluding hydrogens is 430 g/mol. The van der Waals surface area contributed by atoms with Crippen LogP contribution in [0.25, 0.3) is 20.7 Å². The van der Waals surface area contributed by atoms with E-state index in [2.05, 4.69) is 5.32 Å². The quantitative estimate of drug-likeness (QED) is 0.320. The summed E-state index contributed by atoms with van der Waals surface area (Å²) in [7, 11) is 0. The highest BCUT2D eigenvalue weighted by molar-refractivity contribution is 8.00. The van der Waals surface area contributed by atoms with E-state index in [1.165, 1.54) is 23.1 Å². The van der Waals surface area contributed by atoms with Gasteiger partial charge in [-0.2, -0.15) is 0 Å². The highest BCUT2D eigenvalue weighted by Gasteiger charge is 2.22. The number of thioether (sulfide) groups is 1. The van der Waals surface area contributed by atoms with E-state index in [4.69, 9.17) is 9.40 Å². The fourth-order valence-corrected chi connectivity index (χ4v) is 5.60. The maximum Gasteiger partial charge on any atom is 0.263 e. The lowest BCUT2D eigenvalue weighted by Crippen LogP contribution is -2.31. The van der Waals surface area contributed by atoms with Gasteiger partial charge in [-0.15, -0.1) is 11.3 Å². The minimum Gasteiger partial charge on any atom is -0.467 e. The van der Waals surface area contributed by atoms with Crippen LogP contribution in [0.4, 0.5) is 0 Å². The van der Waals surface area contributed by atoms with Crippen molar-refractivity contribution < 1.29 is 9.21 Å². The number of amides is 1. The van der Waals surface area contributed by atoms with E-state index in [0.717, 1.165) is 16.0 Å². The van der Waals surface area contributed by atoms with E-state index in [9.17, 15) is 9.59 Å². The summed E-state index contributed by atoms with van der Waals surface area (Å²) in [5, 5.41) is 3.67. The number of aromatic nitrogens is 2. The van der Waals surface area contributed by atoms with Crippen molar-refractivity contribution in [2.45, 2.75) is 44.3 Å². The largest absolute Gasteiger partial charge is 0.467 e. The van der Waals surface area contributed by atoms with Gasteiger partial charge in [0.15, 0.2) is 5.16 Å². The molecule has 0 aliphatic rings. The van der Waals surface area contributed by atoms with Gasteiger partial charge in [0.05, 0.1) is 23.4 Å². The molecule has 8 heteroatoms. The third-order valence-corrected chi connectivity index (χ3v) is 7.36. The van der Waals surface area contributed by atoms with E-state index in [1.807, 2.05) is 57.2 Å². The highest BCUT2D eigenvalue weighted by Crippen LogP contribution is 2.36. The number of thiophene rings is 1. The average molecular weight is 454 g/mol. The molecule has 3 heterocycles. The van der Waals surface area contributed by atoms with Gasteiger partial charge in [0.1, 0.15) is 10.6 Å².